The van der Waals surface area contributed by atoms with Crippen molar-refractivity contribution in [2.45, 2.75) is 26.8 Å². The minimum Gasteiger partial charge on any atom is -0.336 e. The predicted molar refractivity (Wildman–Crippen MR) is 117 cm³/mol. The van der Waals surface area contributed by atoms with Crippen LogP contribution < -0.4 is 15.5 Å². The first-order valence-corrected chi connectivity index (χ1v) is 10.1. The highest BCUT2D eigenvalue weighted by molar-refractivity contribution is 9.10. The minimum atomic E-state index is -0.106. The molecule has 0 radical (unpaired) electrons. The van der Waals surface area contributed by atoms with Crippen LogP contribution in [-0.2, 0) is 17.8 Å². The highest BCUT2D eigenvalue weighted by Crippen LogP contribution is 2.26. The highest BCUT2D eigenvalue weighted by Gasteiger charge is 2.19. The summed E-state index contributed by atoms with van der Waals surface area (Å²) in [5.41, 5.74) is 5.18. The van der Waals surface area contributed by atoms with Crippen molar-refractivity contribution in [3.05, 3.63) is 63.9 Å². The van der Waals surface area contributed by atoms with Crippen LogP contribution in [0.1, 0.15) is 23.6 Å². The third-order valence-corrected chi connectivity index (χ3v) is 5.32. The molecule has 0 bridgehead atoms. The molecule has 1 amide bonds. The lowest BCUT2D eigenvalue weighted by Gasteiger charge is -2.29. The molecule has 0 saturated heterocycles. The molecular formula is C21H21BrN6O. The normalized spacial score (nSPS) is 13.0. The first kappa shape index (κ1) is 19.3. The summed E-state index contributed by atoms with van der Waals surface area (Å²) in [5.74, 6) is 1.00. The van der Waals surface area contributed by atoms with Crippen LogP contribution in [0.2, 0.25) is 0 Å². The number of nitrogens with zero attached hydrogens (tertiary/aromatic N) is 4. The van der Waals surface area contributed by atoms with Crippen LogP contribution in [-0.4, -0.2) is 27.4 Å². The summed E-state index contributed by atoms with van der Waals surface area (Å²) in [7, 11) is 0. The van der Waals surface area contributed by atoms with Gasteiger partial charge in [-0.05, 0) is 54.3 Å². The third-order valence-electron chi connectivity index (χ3n) is 4.83. The number of fused-ring (bicyclic) bond motifs is 1. The van der Waals surface area contributed by atoms with Gasteiger partial charge in [-0.25, -0.2) is 9.97 Å². The molecule has 2 aromatic carbocycles. The third kappa shape index (κ3) is 4.54. The Morgan fingerprint density at radius 1 is 1.14 bits per heavy atom. The minimum absolute atomic E-state index is 0.106. The number of carbonyl (C=O) groups is 1. The molecule has 0 aliphatic carbocycles. The van der Waals surface area contributed by atoms with Gasteiger partial charge in [0.2, 0.25) is 17.8 Å². The number of aromatic nitrogens is 3. The second-order valence-corrected chi connectivity index (χ2v) is 7.95. The molecule has 1 aliphatic heterocycles. The van der Waals surface area contributed by atoms with E-state index >= 15 is 0 Å². The first-order valence-electron chi connectivity index (χ1n) is 9.34. The Kier molecular flexibility index (Phi) is 5.44. The molecule has 0 atom stereocenters. The molecule has 7 nitrogen and oxygen atoms in total. The zero-order valence-electron chi connectivity index (χ0n) is 16.2. The van der Waals surface area contributed by atoms with Crippen LogP contribution in [0.25, 0.3) is 0 Å². The maximum absolute atomic E-state index is 11.4. The zero-order valence-corrected chi connectivity index (χ0v) is 17.8. The SMILES string of the molecule is CC(=O)Nc1cc(Nc2ncnc(N3CCc4cc(Br)ccc4C3)n2)ccc1C. The molecule has 0 saturated carbocycles. The summed E-state index contributed by atoms with van der Waals surface area (Å²) in [6.07, 6.45) is 2.46. The van der Waals surface area contributed by atoms with Crippen LogP contribution in [0.5, 0.6) is 0 Å². The Morgan fingerprint density at radius 2 is 2.00 bits per heavy atom. The first-order chi connectivity index (χ1) is 14.0. The van der Waals surface area contributed by atoms with E-state index in [0.717, 1.165) is 40.9 Å². The Hall–Kier alpha value is -3.00. The molecule has 29 heavy (non-hydrogen) atoms. The molecule has 148 valence electrons. The monoisotopic (exact) mass is 452 g/mol. The van der Waals surface area contributed by atoms with Crippen LogP contribution in [0.15, 0.2) is 47.2 Å². The molecule has 2 heterocycles. The molecule has 0 spiro atoms. The number of benzene rings is 2. The summed E-state index contributed by atoms with van der Waals surface area (Å²) in [4.78, 5) is 26.7. The van der Waals surface area contributed by atoms with Gasteiger partial charge >= 0.3 is 0 Å². The fourth-order valence-corrected chi connectivity index (χ4v) is 3.75. The van der Waals surface area contributed by atoms with Crippen molar-refractivity contribution >= 4 is 45.1 Å². The van der Waals surface area contributed by atoms with Crippen molar-refractivity contribution in [3.63, 3.8) is 0 Å². The van der Waals surface area contributed by atoms with Crippen molar-refractivity contribution in [1.29, 1.82) is 0 Å². The van der Waals surface area contributed by atoms with Crippen molar-refractivity contribution in [2.75, 3.05) is 22.1 Å². The van der Waals surface area contributed by atoms with E-state index in [1.54, 1.807) is 0 Å². The quantitative estimate of drug-likeness (QED) is 0.616. The van der Waals surface area contributed by atoms with E-state index in [9.17, 15) is 4.79 Å². The van der Waals surface area contributed by atoms with E-state index in [4.69, 9.17) is 0 Å². The number of hydrogen-bond donors (Lipinski definition) is 2. The summed E-state index contributed by atoms with van der Waals surface area (Å²) in [5, 5.41) is 6.04. The standard InChI is InChI=1S/C21H21BrN6O/c1-13-3-6-18(10-19(13)25-14(2)29)26-20-23-12-24-21(27-20)28-8-7-15-9-17(22)5-4-16(15)11-28/h3-6,9-10,12H,7-8,11H2,1-2H3,(H,25,29)(H,23,24,26,27). The molecule has 8 heteroatoms. The molecule has 4 rings (SSSR count). The number of halogens is 1. The van der Waals surface area contributed by atoms with Gasteiger partial charge in [0.15, 0.2) is 0 Å². The van der Waals surface area contributed by atoms with Crippen molar-refractivity contribution in [3.8, 4) is 0 Å². The zero-order chi connectivity index (χ0) is 20.4. The molecule has 1 aromatic heterocycles. The van der Waals surface area contributed by atoms with Crippen molar-refractivity contribution < 1.29 is 4.79 Å². The molecular weight excluding hydrogens is 432 g/mol. The van der Waals surface area contributed by atoms with E-state index in [1.807, 2.05) is 25.1 Å². The second kappa shape index (κ2) is 8.16. The maximum Gasteiger partial charge on any atom is 0.232 e. The summed E-state index contributed by atoms with van der Waals surface area (Å²) >= 11 is 3.54. The van der Waals surface area contributed by atoms with Gasteiger partial charge in [-0.1, -0.05) is 28.1 Å². The smallest absolute Gasteiger partial charge is 0.232 e. The number of rotatable bonds is 4. The number of hydrogen-bond acceptors (Lipinski definition) is 6. The number of amides is 1. The van der Waals surface area contributed by atoms with Gasteiger partial charge in [-0.3, -0.25) is 4.79 Å². The summed E-state index contributed by atoms with van der Waals surface area (Å²) < 4.78 is 1.10. The van der Waals surface area contributed by atoms with Gasteiger partial charge in [0.25, 0.3) is 0 Å². The van der Waals surface area contributed by atoms with Gasteiger partial charge in [-0.2, -0.15) is 4.98 Å². The fraction of sp³-hybridized carbons (Fsp3) is 0.238. The molecule has 0 fully saturated rings. The number of aryl methyl sites for hydroxylation is 1. The Morgan fingerprint density at radius 3 is 2.83 bits per heavy atom. The number of carbonyl (C=O) groups excluding carboxylic acids is 1. The molecule has 1 aliphatic rings. The Bertz CT molecular complexity index is 1070. The summed E-state index contributed by atoms with van der Waals surface area (Å²) in [6, 6.07) is 12.1. The lowest BCUT2D eigenvalue weighted by atomic mass is 10.0. The summed E-state index contributed by atoms with van der Waals surface area (Å²) in [6.45, 7) is 5.06. The molecule has 3 aromatic rings. The maximum atomic E-state index is 11.4. The van der Waals surface area contributed by atoms with Crippen LogP contribution in [0.4, 0.5) is 23.3 Å². The molecule has 2 N–H and O–H groups in total. The van der Waals surface area contributed by atoms with Crippen LogP contribution >= 0.6 is 15.9 Å². The van der Waals surface area contributed by atoms with E-state index in [1.165, 1.54) is 24.4 Å². The molecule has 0 unspecified atom stereocenters. The topological polar surface area (TPSA) is 83.0 Å². The van der Waals surface area contributed by atoms with Gasteiger partial charge in [-0.15, -0.1) is 0 Å². The largest absolute Gasteiger partial charge is 0.336 e. The van der Waals surface area contributed by atoms with E-state index in [0.29, 0.717) is 11.9 Å². The van der Waals surface area contributed by atoms with Gasteiger partial charge < -0.3 is 15.5 Å². The van der Waals surface area contributed by atoms with Crippen LogP contribution in [0.3, 0.4) is 0 Å². The predicted octanol–water partition coefficient (Wildman–Crippen LogP) is 4.21. The Balaban J connectivity index is 1.52. The van der Waals surface area contributed by atoms with E-state index in [2.05, 4.69) is 64.6 Å². The van der Waals surface area contributed by atoms with E-state index < -0.39 is 0 Å². The number of anilines is 4. The van der Waals surface area contributed by atoms with Crippen molar-refractivity contribution in [1.82, 2.24) is 15.0 Å². The van der Waals surface area contributed by atoms with Crippen molar-refractivity contribution in [2.24, 2.45) is 0 Å². The average Bonchev–Trinajstić information content (AvgIpc) is 2.70. The second-order valence-electron chi connectivity index (χ2n) is 7.03. The lowest BCUT2D eigenvalue weighted by molar-refractivity contribution is -0.114. The number of nitrogens with one attached hydrogen (secondary N) is 2. The highest BCUT2D eigenvalue weighted by atomic mass is 79.9. The van der Waals surface area contributed by atoms with E-state index in [-0.39, 0.29) is 5.91 Å². The van der Waals surface area contributed by atoms with Gasteiger partial charge in [0, 0.05) is 35.9 Å². The lowest BCUT2D eigenvalue weighted by Crippen LogP contribution is -2.32. The Labute approximate surface area is 177 Å². The van der Waals surface area contributed by atoms with Crippen LogP contribution in [0, 0.1) is 6.92 Å². The average molecular weight is 453 g/mol. The fourth-order valence-electron chi connectivity index (χ4n) is 3.35. The van der Waals surface area contributed by atoms with Gasteiger partial charge in [0.1, 0.15) is 6.33 Å². The van der Waals surface area contributed by atoms with Gasteiger partial charge in [0.05, 0.1) is 0 Å².